The molecule has 2 N–H and O–H groups in total. The van der Waals surface area contributed by atoms with Gasteiger partial charge in [-0.2, -0.15) is 4.39 Å². The molecular weight excluding hydrogens is 150 g/mol. The highest BCUT2D eigenvalue weighted by atomic mass is 19.2. The maximum Gasteiger partial charge on any atom is 0.248 e. The lowest BCUT2D eigenvalue weighted by molar-refractivity contribution is 0.476. The number of pyridine rings is 1. The van der Waals surface area contributed by atoms with Gasteiger partial charge in [-0.15, -0.1) is 0 Å². The van der Waals surface area contributed by atoms with E-state index < -0.39 is 11.8 Å². The second kappa shape index (κ2) is 2.92. The number of nitrogens with two attached hydrogens (primary N) is 1. The van der Waals surface area contributed by atoms with Gasteiger partial charge >= 0.3 is 0 Å². The largest absolute Gasteiger partial charge is 0.324 e. The Hall–Kier alpha value is -1.03. The van der Waals surface area contributed by atoms with Gasteiger partial charge in [0.15, 0.2) is 5.82 Å². The average molecular weight is 158 g/mol. The van der Waals surface area contributed by atoms with Crippen molar-refractivity contribution in [3.8, 4) is 0 Å². The van der Waals surface area contributed by atoms with E-state index in [1.807, 2.05) is 0 Å². The van der Waals surface area contributed by atoms with Gasteiger partial charge in [0.1, 0.15) is 0 Å². The Balaban J connectivity index is 3.05. The molecule has 1 atom stereocenters. The quantitative estimate of drug-likeness (QED) is 0.627. The summed E-state index contributed by atoms with van der Waals surface area (Å²) in [6.07, 6.45) is 1.23. The van der Waals surface area contributed by atoms with Crippen LogP contribution in [-0.2, 0) is 0 Å². The molecular formula is C7H8F2N2. The van der Waals surface area contributed by atoms with Crippen molar-refractivity contribution >= 4 is 0 Å². The van der Waals surface area contributed by atoms with Gasteiger partial charge in [-0.05, 0) is 18.6 Å². The number of nitrogens with zero attached hydrogens (tertiary/aromatic N) is 1. The molecule has 2 nitrogen and oxygen atoms in total. The van der Waals surface area contributed by atoms with Gasteiger partial charge in [0.05, 0.1) is 0 Å². The second-order valence-corrected chi connectivity index (χ2v) is 2.33. The third kappa shape index (κ3) is 1.71. The third-order valence-corrected chi connectivity index (χ3v) is 1.34. The number of rotatable bonds is 1. The minimum absolute atomic E-state index is 0.322. The van der Waals surface area contributed by atoms with Crippen LogP contribution in [0.15, 0.2) is 12.3 Å². The van der Waals surface area contributed by atoms with Crippen LogP contribution in [0.1, 0.15) is 18.5 Å². The van der Waals surface area contributed by atoms with Crippen LogP contribution in [-0.4, -0.2) is 4.98 Å². The van der Waals surface area contributed by atoms with Gasteiger partial charge < -0.3 is 5.73 Å². The fraction of sp³-hybridized carbons (Fsp3) is 0.286. The van der Waals surface area contributed by atoms with Crippen molar-refractivity contribution in [2.45, 2.75) is 13.0 Å². The Labute approximate surface area is 63.1 Å². The van der Waals surface area contributed by atoms with Crippen LogP contribution in [0.2, 0.25) is 0 Å². The van der Waals surface area contributed by atoms with Crippen molar-refractivity contribution in [1.82, 2.24) is 4.98 Å². The van der Waals surface area contributed by atoms with E-state index in [4.69, 9.17) is 5.73 Å². The molecule has 0 aromatic carbocycles. The Morgan fingerprint density at radius 2 is 2.18 bits per heavy atom. The van der Waals surface area contributed by atoms with Crippen molar-refractivity contribution in [1.29, 1.82) is 0 Å². The first kappa shape index (κ1) is 8.07. The smallest absolute Gasteiger partial charge is 0.248 e. The second-order valence-electron chi connectivity index (χ2n) is 2.33. The fourth-order valence-corrected chi connectivity index (χ4v) is 0.685. The monoisotopic (exact) mass is 158 g/mol. The Bertz CT molecular complexity index is 261. The highest BCUT2D eigenvalue weighted by molar-refractivity contribution is 5.14. The van der Waals surface area contributed by atoms with Gasteiger partial charge in [0.2, 0.25) is 5.95 Å². The number of hydrogen-bond donors (Lipinski definition) is 1. The van der Waals surface area contributed by atoms with E-state index in [-0.39, 0.29) is 6.04 Å². The molecule has 0 bridgehead atoms. The highest BCUT2D eigenvalue weighted by Crippen LogP contribution is 2.10. The fourth-order valence-electron chi connectivity index (χ4n) is 0.685. The molecule has 1 heterocycles. The molecule has 4 heteroatoms. The zero-order chi connectivity index (χ0) is 8.43. The van der Waals surface area contributed by atoms with E-state index in [0.717, 1.165) is 6.07 Å². The molecule has 0 saturated heterocycles. The third-order valence-electron chi connectivity index (χ3n) is 1.34. The van der Waals surface area contributed by atoms with Crippen LogP contribution >= 0.6 is 0 Å². The lowest BCUT2D eigenvalue weighted by Crippen LogP contribution is -2.06. The van der Waals surface area contributed by atoms with Crippen LogP contribution in [0.4, 0.5) is 8.78 Å². The van der Waals surface area contributed by atoms with E-state index >= 15 is 0 Å². The lowest BCUT2D eigenvalue weighted by Gasteiger charge is -2.03. The Morgan fingerprint density at radius 3 is 2.64 bits per heavy atom. The first-order chi connectivity index (χ1) is 5.11. The summed E-state index contributed by atoms with van der Waals surface area (Å²) in [7, 11) is 0. The summed E-state index contributed by atoms with van der Waals surface area (Å²) < 4.78 is 24.7. The normalized spacial score (nSPS) is 13.1. The molecule has 0 saturated carbocycles. The number of aromatic nitrogens is 1. The summed E-state index contributed by atoms with van der Waals surface area (Å²) in [4.78, 5) is 3.18. The summed E-state index contributed by atoms with van der Waals surface area (Å²) in [5.74, 6) is -2.05. The molecule has 0 aliphatic heterocycles. The van der Waals surface area contributed by atoms with Gasteiger partial charge in [-0.25, -0.2) is 9.37 Å². The first-order valence-electron chi connectivity index (χ1n) is 3.18. The van der Waals surface area contributed by atoms with Gasteiger partial charge in [-0.3, -0.25) is 0 Å². The molecule has 1 rings (SSSR count). The van der Waals surface area contributed by atoms with Crippen molar-refractivity contribution in [2.75, 3.05) is 0 Å². The van der Waals surface area contributed by atoms with E-state index in [0.29, 0.717) is 5.56 Å². The topological polar surface area (TPSA) is 38.9 Å². The predicted octanol–water partition coefficient (Wildman–Crippen LogP) is 1.38. The van der Waals surface area contributed by atoms with Crippen LogP contribution in [0.3, 0.4) is 0 Å². The van der Waals surface area contributed by atoms with E-state index in [9.17, 15) is 8.78 Å². The Kier molecular flexibility index (Phi) is 2.14. The molecule has 0 aliphatic carbocycles. The van der Waals surface area contributed by atoms with Crippen molar-refractivity contribution < 1.29 is 8.78 Å². The maximum absolute atomic E-state index is 12.4. The average Bonchev–Trinajstić information content (AvgIpc) is 1.94. The maximum atomic E-state index is 12.4. The molecule has 60 valence electrons. The standard InChI is InChI=1S/C7H8F2N2/c1-4(10)5-2-6(8)7(9)11-3-5/h2-4H,10H2,1H3/t4-/m1/s1. The molecule has 1 aromatic heterocycles. The zero-order valence-electron chi connectivity index (χ0n) is 6.01. The molecule has 0 spiro atoms. The van der Waals surface area contributed by atoms with Crippen LogP contribution < -0.4 is 5.73 Å². The highest BCUT2D eigenvalue weighted by Gasteiger charge is 2.05. The summed E-state index contributed by atoms with van der Waals surface area (Å²) in [5.41, 5.74) is 5.89. The summed E-state index contributed by atoms with van der Waals surface area (Å²) in [6.45, 7) is 1.67. The summed E-state index contributed by atoms with van der Waals surface area (Å²) in [5, 5.41) is 0. The minimum Gasteiger partial charge on any atom is -0.324 e. The molecule has 0 fully saturated rings. The van der Waals surface area contributed by atoms with Crippen molar-refractivity contribution in [3.05, 3.63) is 29.6 Å². The molecule has 0 amide bonds. The lowest BCUT2D eigenvalue weighted by atomic mass is 10.1. The molecule has 0 aliphatic rings. The van der Waals surface area contributed by atoms with E-state index in [2.05, 4.69) is 4.98 Å². The SMILES string of the molecule is C[C@@H](N)c1cnc(F)c(F)c1. The van der Waals surface area contributed by atoms with E-state index in [1.165, 1.54) is 6.20 Å². The summed E-state index contributed by atoms with van der Waals surface area (Å²) >= 11 is 0. The van der Waals surface area contributed by atoms with Gasteiger partial charge in [-0.1, -0.05) is 0 Å². The molecule has 0 unspecified atom stereocenters. The minimum atomic E-state index is -1.09. The zero-order valence-corrected chi connectivity index (χ0v) is 6.01. The Morgan fingerprint density at radius 1 is 1.55 bits per heavy atom. The molecule has 11 heavy (non-hydrogen) atoms. The van der Waals surface area contributed by atoms with Crippen LogP contribution in [0.5, 0.6) is 0 Å². The van der Waals surface area contributed by atoms with E-state index in [1.54, 1.807) is 6.92 Å². The van der Waals surface area contributed by atoms with Crippen molar-refractivity contribution in [3.63, 3.8) is 0 Å². The van der Waals surface area contributed by atoms with Crippen LogP contribution in [0, 0.1) is 11.8 Å². The predicted molar refractivity (Wildman–Crippen MR) is 36.8 cm³/mol. The number of hydrogen-bond acceptors (Lipinski definition) is 2. The summed E-state index contributed by atoms with van der Waals surface area (Å²) in [6, 6.07) is 0.727. The first-order valence-corrected chi connectivity index (χ1v) is 3.18. The molecule has 1 aromatic rings. The van der Waals surface area contributed by atoms with Gasteiger partial charge in [0, 0.05) is 12.2 Å². The number of halogens is 2. The van der Waals surface area contributed by atoms with Crippen LogP contribution in [0.25, 0.3) is 0 Å². The van der Waals surface area contributed by atoms with Gasteiger partial charge in [0.25, 0.3) is 0 Å². The molecule has 0 radical (unpaired) electrons. The van der Waals surface area contributed by atoms with Crippen molar-refractivity contribution in [2.24, 2.45) is 5.73 Å².